The molecule has 1 fully saturated rings. The molecule has 0 spiro atoms. The third-order valence-electron chi connectivity index (χ3n) is 4.50. The first kappa shape index (κ1) is 16.9. The summed E-state index contributed by atoms with van der Waals surface area (Å²) < 4.78 is 21.8. The predicted molar refractivity (Wildman–Crippen MR) is 96.6 cm³/mol. The molecule has 1 N–H and O–H groups in total. The predicted octanol–water partition coefficient (Wildman–Crippen LogP) is 2.51. The Balaban J connectivity index is 1.76. The molecule has 0 unspecified atom stereocenters. The van der Waals surface area contributed by atoms with Gasteiger partial charge in [0.2, 0.25) is 0 Å². The molecule has 1 saturated heterocycles. The summed E-state index contributed by atoms with van der Waals surface area (Å²) >= 11 is 0. The Morgan fingerprint density at radius 1 is 1.23 bits per heavy atom. The van der Waals surface area contributed by atoms with Crippen LogP contribution in [0.1, 0.15) is 13.8 Å². The minimum atomic E-state index is -0.590. The van der Waals surface area contributed by atoms with Crippen molar-refractivity contribution in [1.29, 1.82) is 0 Å². The van der Waals surface area contributed by atoms with Gasteiger partial charge in [-0.25, -0.2) is 9.37 Å². The Morgan fingerprint density at radius 3 is 2.81 bits per heavy atom. The van der Waals surface area contributed by atoms with E-state index in [2.05, 4.69) is 10.1 Å². The molecule has 136 valence electrons. The average Bonchev–Trinajstić information content (AvgIpc) is 3.21. The molecule has 3 aromatic rings. The smallest absolute Gasteiger partial charge is 0.157 e. The van der Waals surface area contributed by atoms with Crippen molar-refractivity contribution < 1.29 is 14.2 Å². The summed E-state index contributed by atoms with van der Waals surface area (Å²) in [5, 5.41) is 14.7. The van der Waals surface area contributed by atoms with Crippen LogP contribution in [0.5, 0.6) is 0 Å². The third-order valence-corrected chi connectivity index (χ3v) is 4.50. The molecule has 1 aliphatic rings. The molecule has 1 aliphatic heterocycles. The summed E-state index contributed by atoms with van der Waals surface area (Å²) in [6.45, 7) is 4.86. The van der Waals surface area contributed by atoms with E-state index in [1.807, 2.05) is 24.8 Å². The number of aliphatic hydroxyl groups excluding tert-OH is 1. The molecule has 1 aromatic carbocycles. The van der Waals surface area contributed by atoms with E-state index in [1.165, 1.54) is 6.07 Å². The van der Waals surface area contributed by atoms with Crippen molar-refractivity contribution in [3.63, 3.8) is 0 Å². The molecule has 0 amide bonds. The second-order valence-electron chi connectivity index (χ2n) is 6.78. The lowest BCUT2D eigenvalue weighted by Crippen LogP contribution is -2.29. The number of anilines is 1. The molecule has 6 nitrogen and oxygen atoms in total. The lowest BCUT2D eigenvalue weighted by molar-refractivity contribution is -0.0386. The fourth-order valence-corrected chi connectivity index (χ4v) is 3.36. The highest BCUT2D eigenvalue weighted by Crippen LogP contribution is 2.29. The standard InChI is InChI=1S/C19H21FN4O2/c1-12(2)26-17-11-23(10-16(17)25)19-9-15(13-5-3-4-6-14(13)20)22-18-7-8-21-24(18)19/h3-9,12,16-17,25H,10-11H2,1-2H3/t16-,17-/m1/s1. The van der Waals surface area contributed by atoms with E-state index >= 15 is 0 Å². The number of β-amino-alcohol motifs (C(OH)–C–C–N with tert-alkyl or cyclic N) is 1. The van der Waals surface area contributed by atoms with Crippen molar-refractivity contribution in [2.75, 3.05) is 18.0 Å². The molecule has 4 rings (SSSR count). The SMILES string of the molecule is CC(C)O[C@@H]1CN(c2cc(-c3ccccc3F)nc3ccnn23)C[C@H]1O. The third kappa shape index (κ3) is 3.04. The molecule has 7 heteroatoms. The van der Waals surface area contributed by atoms with Crippen LogP contribution in [0.15, 0.2) is 42.6 Å². The van der Waals surface area contributed by atoms with Crippen LogP contribution in [0.4, 0.5) is 10.2 Å². The first-order chi connectivity index (χ1) is 12.5. The fraction of sp³-hybridized carbons (Fsp3) is 0.368. The molecule has 0 bridgehead atoms. The number of benzene rings is 1. The van der Waals surface area contributed by atoms with Crippen LogP contribution in [0.2, 0.25) is 0 Å². The van der Waals surface area contributed by atoms with Crippen LogP contribution >= 0.6 is 0 Å². The summed E-state index contributed by atoms with van der Waals surface area (Å²) in [6.07, 6.45) is 0.829. The summed E-state index contributed by atoms with van der Waals surface area (Å²) in [5.74, 6) is 0.435. The van der Waals surface area contributed by atoms with Gasteiger partial charge < -0.3 is 14.7 Å². The van der Waals surface area contributed by atoms with Gasteiger partial charge in [-0.1, -0.05) is 12.1 Å². The van der Waals surface area contributed by atoms with Gasteiger partial charge in [-0.15, -0.1) is 0 Å². The Morgan fingerprint density at radius 2 is 2.04 bits per heavy atom. The highest BCUT2D eigenvalue weighted by Gasteiger charge is 2.34. The van der Waals surface area contributed by atoms with Crippen molar-refractivity contribution in [3.8, 4) is 11.3 Å². The van der Waals surface area contributed by atoms with Gasteiger partial charge in [0, 0.05) is 30.8 Å². The number of rotatable bonds is 4. The highest BCUT2D eigenvalue weighted by atomic mass is 19.1. The summed E-state index contributed by atoms with van der Waals surface area (Å²) in [6, 6.07) is 10.2. The van der Waals surface area contributed by atoms with Gasteiger partial charge in [0.1, 0.15) is 17.7 Å². The number of hydrogen-bond donors (Lipinski definition) is 1. The van der Waals surface area contributed by atoms with E-state index in [9.17, 15) is 9.50 Å². The first-order valence-corrected chi connectivity index (χ1v) is 8.71. The monoisotopic (exact) mass is 356 g/mol. The number of aromatic nitrogens is 3. The van der Waals surface area contributed by atoms with Crippen molar-refractivity contribution in [2.24, 2.45) is 0 Å². The topological polar surface area (TPSA) is 62.9 Å². The Bertz CT molecular complexity index is 927. The number of nitrogens with zero attached hydrogens (tertiary/aromatic N) is 4. The lowest BCUT2D eigenvalue weighted by atomic mass is 10.1. The van der Waals surface area contributed by atoms with Gasteiger partial charge in [0.15, 0.2) is 5.65 Å². The average molecular weight is 356 g/mol. The zero-order chi connectivity index (χ0) is 18.3. The molecule has 3 heterocycles. The molecule has 2 aromatic heterocycles. The molecule has 0 saturated carbocycles. The van der Waals surface area contributed by atoms with Gasteiger partial charge in [0.05, 0.1) is 24.1 Å². The van der Waals surface area contributed by atoms with Crippen LogP contribution in [-0.4, -0.2) is 51.1 Å². The maximum absolute atomic E-state index is 14.2. The number of halogens is 1. The van der Waals surface area contributed by atoms with Crippen molar-refractivity contribution >= 4 is 11.5 Å². The van der Waals surface area contributed by atoms with Crippen LogP contribution < -0.4 is 4.90 Å². The van der Waals surface area contributed by atoms with Gasteiger partial charge in [-0.2, -0.15) is 9.61 Å². The number of ether oxygens (including phenoxy) is 1. The Hall–Kier alpha value is -2.51. The van der Waals surface area contributed by atoms with E-state index in [-0.39, 0.29) is 18.0 Å². The summed E-state index contributed by atoms with van der Waals surface area (Å²) in [5.41, 5.74) is 1.60. The van der Waals surface area contributed by atoms with Gasteiger partial charge in [0.25, 0.3) is 0 Å². The first-order valence-electron chi connectivity index (χ1n) is 8.71. The Kier molecular flexibility index (Phi) is 4.34. The van der Waals surface area contributed by atoms with Gasteiger partial charge >= 0.3 is 0 Å². The zero-order valence-electron chi connectivity index (χ0n) is 14.7. The molecule has 26 heavy (non-hydrogen) atoms. The fourth-order valence-electron chi connectivity index (χ4n) is 3.36. The number of hydrogen-bond acceptors (Lipinski definition) is 5. The van der Waals surface area contributed by atoms with Gasteiger partial charge in [-0.3, -0.25) is 0 Å². The molecular weight excluding hydrogens is 335 g/mol. The normalized spacial score (nSPS) is 20.4. The summed E-state index contributed by atoms with van der Waals surface area (Å²) in [4.78, 5) is 6.53. The maximum Gasteiger partial charge on any atom is 0.157 e. The van der Waals surface area contributed by atoms with E-state index < -0.39 is 6.10 Å². The lowest BCUT2D eigenvalue weighted by Gasteiger charge is -2.20. The zero-order valence-corrected chi connectivity index (χ0v) is 14.7. The van der Waals surface area contributed by atoms with Crippen LogP contribution in [-0.2, 0) is 4.74 Å². The summed E-state index contributed by atoms with van der Waals surface area (Å²) in [7, 11) is 0. The van der Waals surface area contributed by atoms with Crippen molar-refractivity contribution in [3.05, 3.63) is 48.4 Å². The van der Waals surface area contributed by atoms with E-state index in [1.54, 1.807) is 35.0 Å². The van der Waals surface area contributed by atoms with Crippen LogP contribution in [0, 0.1) is 5.82 Å². The number of fused-ring (bicyclic) bond motifs is 1. The van der Waals surface area contributed by atoms with Gasteiger partial charge in [-0.05, 0) is 26.0 Å². The maximum atomic E-state index is 14.2. The minimum absolute atomic E-state index is 0.0331. The quantitative estimate of drug-likeness (QED) is 0.778. The minimum Gasteiger partial charge on any atom is -0.388 e. The van der Waals surface area contributed by atoms with Crippen LogP contribution in [0.3, 0.4) is 0 Å². The van der Waals surface area contributed by atoms with E-state index in [0.717, 1.165) is 5.82 Å². The van der Waals surface area contributed by atoms with E-state index in [4.69, 9.17) is 4.74 Å². The second-order valence-corrected chi connectivity index (χ2v) is 6.78. The highest BCUT2D eigenvalue weighted by molar-refractivity contribution is 5.67. The largest absolute Gasteiger partial charge is 0.388 e. The Labute approximate surface area is 150 Å². The van der Waals surface area contributed by atoms with Crippen molar-refractivity contribution in [2.45, 2.75) is 32.2 Å². The van der Waals surface area contributed by atoms with Crippen LogP contribution in [0.25, 0.3) is 16.9 Å². The molecular formula is C19H21FN4O2. The van der Waals surface area contributed by atoms with E-state index in [0.29, 0.717) is 30.0 Å². The molecule has 2 atom stereocenters. The second kappa shape index (κ2) is 6.66. The number of aliphatic hydroxyl groups is 1. The molecule has 0 radical (unpaired) electrons. The molecule has 0 aliphatic carbocycles. The van der Waals surface area contributed by atoms with Crippen molar-refractivity contribution in [1.82, 2.24) is 14.6 Å².